The Morgan fingerprint density at radius 2 is 2.15 bits per heavy atom. The predicted molar refractivity (Wildman–Crippen MR) is 90.7 cm³/mol. The second-order valence-electron chi connectivity index (χ2n) is 5.67. The fourth-order valence-corrected chi connectivity index (χ4v) is 5.71. The first kappa shape index (κ1) is 16.8. The minimum absolute atomic E-state index is 0.169. The van der Waals surface area contributed by atoms with Crippen molar-refractivity contribution >= 4 is 40.7 Å². The van der Waals surface area contributed by atoms with Gasteiger partial charge in [-0.05, 0) is 6.07 Å². The number of nitrogens with one attached hydrogen (secondary N) is 1. The van der Waals surface area contributed by atoms with E-state index in [1.54, 1.807) is 0 Å². The number of carbonyl (C=O) groups excluding carboxylic acids is 2. The van der Waals surface area contributed by atoms with Crippen LogP contribution in [0.5, 0.6) is 5.75 Å². The summed E-state index contributed by atoms with van der Waals surface area (Å²) in [5.41, 5.74) is 0.229. The molecule has 2 aliphatic rings. The van der Waals surface area contributed by atoms with Crippen LogP contribution in [-0.2, 0) is 14.3 Å². The number of benzene rings is 1. The van der Waals surface area contributed by atoms with Gasteiger partial charge in [-0.3, -0.25) is 24.5 Å². The Bertz CT molecular complexity index is 1010. The topological polar surface area (TPSA) is 129 Å². The van der Waals surface area contributed by atoms with Crippen molar-refractivity contribution < 1.29 is 24.0 Å². The molecule has 0 aliphatic carbocycles. The Hall–Kier alpha value is -2.66. The lowest BCUT2D eigenvalue weighted by Gasteiger charge is -2.37. The van der Waals surface area contributed by atoms with Crippen LogP contribution in [0.3, 0.4) is 0 Å². The van der Waals surface area contributed by atoms with Crippen LogP contribution in [0.15, 0.2) is 28.0 Å². The molecular weight excluding hydrogens is 384 g/mol. The molecule has 1 aromatic heterocycles. The quantitative estimate of drug-likeness (QED) is 0.352. The summed E-state index contributed by atoms with van der Waals surface area (Å²) < 4.78 is 10.1. The number of esters is 2. The molecule has 0 amide bonds. The Balaban J connectivity index is 1.96. The third kappa shape index (κ3) is 2.42. The Morgan fingerprint density at radius 1 is 1.38 bits per heavy atom. The molecule has 26 heavy (non-hydrogen) atoms. The average Bonchev–Trinajstić information content (AvgIpc) is 2.99. The van der Waals surface area contributed by atoms with Gasteiger partial charge in [0.2, 0.25) is 0 Å². The van der Waals surface area contributed by atoms with Gasteiger partial charge in [0.25, 0.3) is 5.69 Å². The van der Waals surface area contributed by atoms with Crippen LogP contribution in [-0.4, -0.2) is 34.2 Å². The number of nitrogens with zero attached hydrogens (tertiary/aromatic N) is 1. The molecule has 0 radical (unpaired) electrons. The zero-order valence-corrected chi connectivity index (χ0v) is 14.7. The molecule has 1 N–H and O–H groups in total. The Kier molecular flexibility index (Phi) is 3.84. The standard InChI is InChI=1S/C15H10N2O7S2/c1-23-14(19)11-9-8(10-12(25-11)16-15(20)26-10)6-4-5(17(21)22)2-3-7(6)24-13(9)18/h2-4,8-9,11H,1H3,(H,16,20). The van der Waals surface area contributed by atoms with E-state index in [0.29, 0.717) is 15.5 Å². The van der Waals surface area contributed by atoms with Crippen LogP contribution in [0, 0.1) is 16.0 Å². The minimum Gasteiger partial charge on any atom is -0.468 e. The number of aromatic amines is 1. The molecule has 134 valence electrons. The second kappa shape index (κ2) is 5.95. The maximum Gasteiger partial charge on any atom is 0.320 e. The van der Waals surface area contributed by atoms with Crippen LogP contribution in [0.2, 0.25) is 0 Å². The highest BCUT2D eigenvalue weighted by Crippen LogP contribution is 2.54. The van der Waals surface area contributed by atoms with E-state index < -0.39 is 33.9 Å². The van der Waals surface area contributed by atoms with Crippen molar-refractivity contribution in [2.75, 3.05) is 7.11 Å². The SMILES string of the molecule is COC(=O)C1Sc2[nH]c(=O)sc2C2c3cc([N+](=O)[O-])ccc3OC(=O)C12. The van der Waals surface area contributed by atoms with Crippen LogP contribution in [0.4, 0.5) is 5.69 Å². The van der Waals surface area contributed by atoms with Gasteiger partial charge in [-0.15, -0.1) is 0 Å². The number of thioether (sulfide) groups is 1. The van der Waals surface area contributed by atoms with E-state index in [2.05, 4.69) is 4.98 Å². The van der Waals surface area contributed by atoms with Crippen LogP contribution in [0.1, 0.15) is 16.4 Å². The number of H-pyrrole nitrogens is 1. The molecule has 0 fully saturated rings. The van der Waals surface area contributed by atoms with Crippen LogP contribution in [0.25, 0.3) is 0 Å². The van der Waals surface area contributed by atoms with Crippen molar-refractivity contribution in [1.29, 1.82) is 0 Å². The Labute approximate surface area is 153 Å². The normalized spacial score (nSPS) is 23.3. The average molecular weight is 394 g/mol. The summed E-state index contributed by atoms with van der Waals surface area (Å²) in [6, 6.07) is 3.91. The maximum absolute atomic E-state index is 12.6. The number of rotatable bonds is 2. The van der Waals surface area contributed by atoms with Gasteiger partial charge in [0.15, 0.2) is 0 Å². The third-order valence-corrected chi connectivity index (χ3v) is 6.70. The summed E-state index contributed by atoms with van der Waals surface area (Å²) in [4.78, 5) is 50.1. The molecule has 0 saturated heterocycles. The third-order valence-electron chi connectivity index (χ3n) is 4.31. The van der Waals surface area contributed by atoms with Gasteiger partial charge in [0.05, 0.1) is 23.0 Å². The molecule has 0 spiro atoms. The minimum atomic E-state index is -0.944. The lowest BCUT2D eigenvalue weighted by molar-refractivity contribution is -0.385. The number of non-ortho nitro benzene ring substituents is 1. The number of nitro groups is 1. The number of hydrogen-bond donors (Lipinski definition) is 1. The number of aromatic nitrogens is 1. The van der Waals surface area contributed by atoms with E-state index in [-0.39, 0.29) is 16.3 Å². The number of thiazole rings is 1. The fraction of sp³-hybridized carbons (Fsp3) is 0.267. The van der Waals surface area contributed by atoms with E-state index in [1.165, 1.54) is 25.3 Å². The number of hydrogen-bond acceptors (Lipinski definition) is 9. The van der Waals surface area contributed by atoms with Crippen LogP contribution < -0.4 is 9.61 Å². The largest absolute Gasteiger partial charge is 0.468 e. The van der Waals surface area contributed by atoms with Crippen LogP contribution >= 0.6 is 23.1 Å². The van der Waals surface area contributed by atoms with Gasteiger partial charge < -0.3 is 14.5 Å². The van der Waals surface area contributed by atoms with Gasteiger partial charge in [-0.1, -0.05) is 23.1 Å². The molecule has 3 unspecified atom stereocenters. The molecule has 11 heteroatoms. The van der Waals surface area contributed by atoms with Crippen molar-refractivity contribution in [2.24, 2.45) is 5.92 Å². The molecule has 4 rings (SSSR count). The van der Waals surface area contributed by atoms with E-state index in [4.69, 9.17) is 9.47 Å². The lowest BCUT2D eigenvalue weighted by Crippen LogP contribution is -2.44. The molecule has 0 bridgehead atoms. The number of fused-ring (bicyclic) bond motifs is 5. The van der Waals surface area contributed by atoms with Gasteiger partial charge in [0.1, 0.15) is 11.0 Å². The van der Waals surface area contributed by atoms with Gasteiger partial charge >= 0.3 is 16.8 Å². The van der Waals surface area contributed by atoms with Gasteiger partial charge in [-0.2, -0.15) is 0 Å². The predicted octanol–water partition coefficient (Wildman–Crippen LogP) is 1.66. The molecule has 2 aliphatic heterocycles. The zero-order chi connectivity index (χ0) is 18.6. The number of methoxy groups -OCH3 is 1. The maximum atomic E-state index is 12.6. The summed E-state index contributed by atoms with van der Waals surface area (Å²) in [6.07, 6.45) is 0. The first-order chi connectivity index (χ1) is 12.4. The van der Waals surface area contributed by atoms with Crippen molar-refractivity contribution in [2.45, 2.75) is 16.2 Å². The summed E-state index contributed by atoms with van der Waals surface area (Å²) in [5, 5.41) is 10.7. The molecule has 9 nitrogen and oxygen atoms in total. The fourth-order valence-electron chi connectivity index (χ4n) is 3.22. The second-order valence-corrected chi connectivity index (χ2v) is 7.84. The van der Waals surface area contributed by atoms with Gasteiger partial charge in [0, 0.05) is 28.5 Å². The highest BCUT2D eigenvalue weighted by molar-refractivity contribution is 8.00. The molecule has 3 heterocycles. The van der Waals surface area contributed by atoms with Crippen molar-refractivity contribution in [1.82, 2.24) is 4.98 Å². The van der Waals surface area contributed by atoms with E-state index in [0.717, 1.165) is 23.1 Å². The van der Waals surface area contributed by atoms with Gasteiger partial charge in [-0.25, -0.2) is 0 Å². The summed E-state index contributed by atoms with van der Waals surface area (Å²) in [6.45, 7) is 0. The zero-order valence-electron chi connectivity index (χ0n) is 13.1. The molecule has 2 aromatic rings. The molecular formula is C15H10N2O7S2. The van der Waals surface area contributed by atoms with Crippen molar-refractivity contribution in [3.05, 3.63) is 48.4 Å². The van der Waals surface area contributed by atoms with E-state index in [1.807, 2.05) is 0 Å². The number of carbonyl (C=O) groups is 2. The highest BCUT2D eigenvalue weighted by atomic mass is 32.2. The first-order valence-corrected chi connectivity index (χ1v) is 9.08. The Morgan fingerprint density at radius 3 is 2.85 bits per heavy atom. The number of ether oxygens (including phenoxy) is 2. The molecule has 3 atom stereocenters. The highest BCUT2D eigenvalue weighted by Gasteiger charge is 2.52. The number of nitro benzene ring substituents is 1. The lowest BCUT2D eigenvalue weighted by atomic mass is 9.80. The summed E-state index contributed by atoms with van der Waals surface area (Å²) >= 11 is 1.95. The first-order valence-electron chi connectivity index (χ1n) is 7.38. The van der Waals surface area contributed by atoms with E-state index in [9.17, 15) is 24.5 Å². The summed E-state index contributed by atoms with van der Waals surface area (Å²) in [5.74, 6) is -2.72. The van der Waals surface area contributed by atoms with E-state index >= 15 is 0 Å². The smallest absolute Gasteiger partial charge is 0.320 e. The van der Waals surface area contributed by atoms with Crippen molar-refractivity contribution in [3.8, 4) is 5.75 Å². The molecule has 0 saturated carbocycles. The van der Waals surface area contributed by atoms with Crippen molar-refractivity contribution in [3.63, 3.8) is 0 Å². The molecule has 1 aromatic carbocycles. The summed E-state index contributed by atoms with van der Waals surface area (Å²) in [7, 11) is 1.21. The monoisotopic (exact) mass is 394 g/mol.